The van der Waals surface area contributed by atoms with Crippen LogP contribution in [0.4, 0.5) is 0 Å². The van der Waals surface area contributed by atoms with Crippen LogP contribution in [-0.4, -0.2) is 44.3 Å². The smallest absolute Gasteiger partial charge is 0.259 e. The van der Waals surface area contributed by atoms with Crippen LogP contribution in [0.2, 0.25) is 0 Å². The van der Waals surface area contributed by atoms with Gasteiger partial charge in [0.05, 0.1) is 17.4 Å². The first-order valence-corrected chi connectivity index (χ1v) is 9.65. The number of benzene rings is 1. The zero-order chi connectivity index (χ0) is 17.3. The fourth-order valence-electron chi connectivity index (χ4n) is 3.26. The van der Waals surface area contributed by atoms with Gasteiger partial charge in [0.1, 0.15) is 18.2 Å². The number of hydrogen-bond donors (Lipinski definition) is 1. The van der Waals surface area contributed by atoms with Gasteiger partial charge in [-0.15, -0.1) is 4.40 Å². The molecule has 2 heterocycles. The average molecular weight is 351 g/mol. The van der Waals surface area contributed by atoms with Gasteiger partial charge in [0, 0.05) is 13.0 Å². The minimum Gasteiger partial charge on any atom is -0.491 e. The van der Waals surface area contributed by atoms with Gasteiger partial charge in [0.2, 0.25) is 5.91 Å². The lowest BCUT2D eigenvalue weighted by Crippen LogP contribution is -2.38. The van der Waals surface area contributed by atoms with Gasteiger partial charge < -0.3 is 15.4 Å². The third-order valence-corrected chi connectivity index (χ3v) is 5.53. The molecule has 1 aromatic rings. The molecule has 0 radical (unpaired) electrons. The molecule has 24 heavy (non-hydrogen) atoms. The second-order valence-electron chi connectivity index (χ2n) is 6.04. The summed E-state index contributed by atoms with van der Waals surface area (Å²) in [5, 5.41) is 0. The Balaban J connectivity index is 1.79. The zero-order valence-electron chi connectivity index (χ0n) is 13.6. The predicted molar refractivity (Wildman–Crippen MR) is 90.3 cm³/mol. The van der Waals surface area contributed by atoms with Gasteiger partial charge in [-0.25, -0.2) is 8.42 Å². The quantitative estimate of drug-likeness (QED) is 0.872. The van der Waals surface area contributed by atoms with Crippen molar-refractivity contribution in [1.29, 1.82) is 0 Å². The molecule has 1 atom stereocenters. The molecule has 0 bridgehead atoms. The van der Waals surface area contributed by atoms with Gasteiger partial charge >= 0.3 is 0 Å². The van der Waals surface area contributed by atoms with E-state index in [-0.39, 0.29) is 23.5 Å². The molecule has 7 nitrogen and oxygen atoms in total. The summed E-state index contributed by atoms with van der Waals surface area (Å²) in [6.07, 6.45) is 2.35. The molecule has 0 aliphatic carbocycles. The molecule has 8 heteroatoms. The molecular formula is C16H21N3O4S. The number of nitrogens with two attached hydrogens (primary N) is 1. The summed E-state index contributed by atoms with van der Waals surface area (Å²) in [6.45, 7) is 2.97. The van der Waals surface area contributed by atoms with Crippen LogP contribution in [0.15, 0.2) is 22.6 Å². The molecule has 1 amide bonds. The first-order valence-electron chi connectivity index (χ1n) is 8.04. The number of sulfonamides is 1. The van der Waals surface area contributed by atoms with Gasteiger partial charge in [-0.3, -0.25) is 4.79 Å². The number of hydrogen-bond acceptors (Lipinski definition) is 5. The highest BCUT2D eigenvalue weighted by Gasteiger charge is 2.29. The normalized spacial score (nSPS) is 22.0. The second-order valence-corrected chi connectivity index (χ2v) is 7.68. The third-order valence-electron chi connectivity index (χ3n) is 4.38. The minimum atomic E-state index is -3.56. The number of rotatable bonds is 4. The van der Waals surface area contributed by atoms with E-state index in [1.54, 1.807) is 18.2 Å². The lowest BCUT2D eigenvalue weighted by atomic mass is 10.1. The Bertz CT molecular complexity index is 789. The number of carbonyl (C=O) groups is 1. The number of carbonyl (C=O) groups excluding carboxylic acids is 1. The van der Waals surface area contributed by atoms with Gasteiger partial charge in [-0.2, -0.15) is 0 Å². The van der Waals surface area contributed by atoms with Crippen LogP contribution in [-0.2, 0) is 20.6 Å². The number of likely N-dealkylation sites (tertiary alicyclic amines) is 1. The number of ether oxygens (including phenoxy) is 1. The van der Waals surface area contributed by atoms with E-state index in [0.29, 0.717) is 29.9 Å². The van der Waals surface area contributed by atoms with E-state index in [9.17, 15) is 13.2 Å². The fourth-order valence-corrected chi connectivity index (χ4v) is 4.35. The Morgan fingerprint density at radius 2 is 2.25 bits per heavy atom. The third kappa shape index (κ3) is 3.24. The molecule has 0 saturated carbocycles. The number of nitrogens with zero attached hydrogens (tertiary/aromatic N) is 2. The molecule has 0 aromatic heterocycles. The predicted octanol–water partition coefficient (Wildman–Crippen LogP) is 1.02. The highest BCUT2D eigenvalue weighted by atomic mass is 32.2. The minimum absolute atomic E-state index is 0.0405. The van der Waals surface area contributed by atoms with Crippen molar-refractivity contribution in [3.8, 4) is 5.75 Å². The van der Waals surface area contributed by atoms with Crippen LogP contribution in [0, 0.1) is 0 Å². The topological polar surface area (TPSA) is 102 Å². The number of amidine groups is 1. The lowest BCUT2D eigenvalue weighted by molar-refractivity contribution is -0.132. The second kappa shape index (κ2) is 6.43. The van der Waals surface area contributed by atoms with E-state index in [0.717, 1.165) is 19.4 Å². The lowest BCUT2D eigenvalue weighted by Gasteiger charge is -2.25. The Labute approximate surface area is 141 Å². The monoisotopic (exact) mass is 351 g/mol. The molecule has 1 saturated heterocycles. The van der Waals surface area contributed by atoms with Gasteiger partial charge in [-0.05, 0) is 24.5 Å². The Morgan fingerprint density at radius 1 is 1.46 bits per heavy atom. The van der Waals surface area contributed by atoms with Crippen molar-refractivity contribution in [3.05, 3.63) is 29.3 Å². The summed E-state index contributed by atoms with van der Waals surface area (Å²) >= 11 is 0. The SMILES string of the molecule is CCC(=O)N1CCC[C@H]1COc1cccc2c1C(N)=NS(=O)(=O)C2. The van der Waals surface area contributed by atoms with Crippen LogP contribution < -0.4 is 10.5 Å². The molecule has 2 aliphatic heterocycles. The van der Waals surface area contributed by atoms with Crippen molar-refractivity contribution in [2.24, 2.45) is 10.1 Å². The van der Waals surface area contributed by atoms with Gasteiger partial charge in [0.25, 0.3) is 10.0 Å². The van der Waals surface area contributed by atoms with Crippen LogP contribution in [0.3, 0.4) is 0 Å². The maximum Gasteiger partial charge on any atom is 0.259 e. The Morgan fingerprint density at radius 3 is 3.00 bits per heavy atom. The zero-order valence-corrected chi connectivity index (χ0v) is 14.4. The molecule has 1 fully saturated rings. The highest BCUT2D eigenvalue weighted by Crippen LogP contribution is 2.29. The van der Waals surface area contributed by atoms with Crippen molar-refractivity contribution in [3.63, 3.8) is 0 Å². The number of fused-ring (bicyclic) bond motifs is 1. The molecular weight excluding hydrogens is 330 g/mol. The summed E-state index contributed by atoms with van der Waals surface area (Å²) in [7, 11) is -3.56. The molecule has 0 spiro atoms. The van der Waals surface area contributed by atoms with Crippen molar-refractivity contribution in [1.82, 2.24) is 4.90 Å². The molecule has 1 aromatic carbocycles. The fraction of sp³-hybridized carbons (Fsp3) is 0.500. The summed E-state index contributed by atoms with van der Waals surface area (Å²) in [5.74, 6) is 0.423. The van der Waals surface area contributed by atoms with Crippen LogP contribution >= 0.6 is 0 Å². The summed E-state index contributed by atoms with van der Waals surface area (Å²) in [6, 6.07) is 5.24. The Hall–Kier alpha value is -2.09. The Kier molecular flexibility index (Phi) is 4.49. The van der Waals surface area contributed by atoms with E-state index < -0.39 is 10.0 Å². The van der Waals surface area contributed by atoms with Crippen LogP contribution in [0.25, 0.3) is 0 Å². The van der Waals surface area contributed by atoms with Crippen molar-refractivity contribution in [2.45, 2.75) is 38.0 Å². The maximum atomic E-state index is 12.0. The molecule has 2 N–H and O–H groups in total. The standard InChI is InChI=1S/C16H21N3O4S/c1-2-14(20)19-8-4-6-12(19)9-23-13-7-3-5-11-10-24(21,22)18-16(17)15(11)13/h3,5,7,12H,2,4,6,8-10H2,1H3,(H2,17,18)/t12-/m0/s1. The van der Waals surface area contributed by atoms with Crippen molar-refractivity contribution in [2.75, 3.05) is 13.2 Å². The van der Waals surface area contributed by atoms with E-state index in [4.69, 9.17) is 10.5 Å². The van der Waals surface area contributed by atoms with Gasteiger partial charge in [-0.1, -0.05) is 19.1 Å². The summed E-state index contributed by atoms with van der Waals surface area (Å²) in [4.78, 5) is 13.8. The molecule has 3 rings (SSSR count). The number of amides is 1. The van der Waals surface area contributed by atoms with Crippen molar-refractivity contribution >= 4 is 21.8 Å². The van der Waals surface area contributed by atoms with E-state index in [1.807, 2.05) is 11.8 Å². The summed E-state index contributed by atoms with van der Waals surface area (Å²) < 4.78 is 32.9. The molecule has 2 aliphatic rings. The van der Waals surface area contributed by atoms with Crippen LogP contribution in [0.1, 0.15) is 37.3 Å². The first-order chi connectivity index (χ1) is 11.4. The summed E-state index contributed by atoms with van der Waals surface area (Å²) in [5.41, 5.74) is 6.96. The average Bonchev–Trinajstić information content (AvgIpc) is 2.99. The van der Waals surface area contributed by atoms with Crippen molar-refractivity contribution < 1.29 is 17.9 Å². The molecule has 0 unspecified atom stereocenters. The molecule has 130 valence electrons. The van der Waals surface area contributed by atoms with E-state index >= 15 is 0 Å². The maximum absolute atomic E-state index is 12.0. The van der Waals surface area contributed by atoms with E-state index in [1.165, 1.54) is 0 Å². The largest absolute Gasteiger partial charge is 0.491 e. The van der Waals surface area contributed by atoms with Gasteiger partial charge in [0.15, 0.2) is 0 Å². The highest BCUT2D eigenvalue weighted by molar-refractivity contribution is 7.89. The van der Waals surface area contributed by atoms with E-state index in [2.05, 4.69) is 4.40 Å². The van der Waals surface area contributed by atoms with Crippen LogP contribution in [0.5, 0.6) is 5.75 Å². The first kappa shape index (κ1) is 16.8.